The van der Waals surface area contributed by atoms with E-state index in [1.807, 2.05) is 31.2 Å². The lowest BCUT2D eigenvalue weighted by molar-refractivity contribution is 0.210. The maximum absolute atomic E-state index is 5.37. The zero-order valence-electron chi connectivity index (χ0n) is 13.9. The van der Waals surface area contributed by atoms with Crippen LogP contribution in [-0.2, 0) is 11.2 Å². The first kappa shape index (κ1) is 17.0. The molecule has 0 fully saturated rings. The molecule has 0 spiro atoms. The third-order valence-electron chi connectivity index (χ3n) is 3.34. The van der Waals surface area contributed by atoms with Gasteiger partial charge in [-0.1, -0.05) is 18.2 Å². The van der Waals surface area contributed by atoms with E-state index in [2.05, 4.69) is 26.7 Å². The highest BCUT2D eigenvalue weighted by Gasteiger charge is 2.04. The maximum atomic E-state index is 5.37. The Balaban J connectivity index is 1.92. The number of para-hydroxylation sites is 1. The van der Waals surface area contributed by atoms with Gasteiger partial charge >= 0.3 is 0 Å². The van der Waals surface area contributed by atoms with Crippen molar-refractivity contribution in [1.82, 2.24) is 9.97 Å². The van der Waals surface area contributed by atoms with Crippen LogP contribution >= 0.6 is 0 Å². The molecule has 23 heavy (non-hydrogen) atoms. The van der Waals surface area contributed by atoms with Crippen LogP contribution in [0.2, 0.25) is 0 Å². The minimum absolute atomic E-state index is 0.613. The van der Waals surface area contributed by atoms with Crippen molar-refractivity contribution in [1.29, 1.82) is 0 Å². The third kappa shape index (κ3) is 5.41. The molecule has 2 aromatic rings. The van der Waals surface area contributed by atoms with E-state index in [9.17, 15) is 0 Å². The summed E-state index contributed by atoms with van der Waals surface area (Å²) in [7, 11) is 3.36. The molecule has 1 aromatic carbocycles. The maximum Gasteiger partial charge on any atom is 0.224 e. The molecular weight excluding hydrogens is 292 g/mol. The molecule has 2 N–H and O–H groups in total. The second kappa shape index (κ2) is 8.95. The molecule has 0 amide bonds. The first-order valence-electron chi connectivity index (χ1n) is 7.67. The minimum atomic E-state index is 0.613. The van der Waals surface area contributed by atoms with E-state index >= 15 is 0 Å². The average Bonchev–Trinajstić information content (AvgIpc) is 2.55. The number of rotatable bonds is 9. The number of hydrogen-bond donors (Lipinski definition) is 2. The number of anilines is 2. The van der Waals surface area contributed by atoms with E-state index in [0.717, 1.165) is 30.2 Å². The van der Waals surface area contributed by atoms with Crippen molar-refractivity contribution in [3.05, 3.63) is 41.6 Å². The second-order valence-corrected chi connectivity index (χ2v) is 5.13. The van der Waals surface area contributed by atoms with E-state index in [-0.39, 0.29) is 0 Å². The fourth-order valence-corrected chi connectivity index (χ4v) is 2.24. The van der Waals surface area contributed by atoms with Crippen molar-refractivity contribution in [3.63, 3.8) is 0 Å². The van der Waals surface area contributed by atoms with Crippen LogP contribution in [0.3, 0.4) is 0 Å². The van der Waals surface area contributed by atoms with Crippen LogP contribution in [-0.4, -0.2) is 43.9 Å². The Morgan fingerprint density at radius 3 is 2.65 bits per heavy atom. The van der Waals surface area contributed by atoms with Gasteiger partial charge in [-0.2, -0.15) is 4.98 Å². The van der Waals surface area contributed by atoms with Crippen molar-refractivity contribution in [3.8, 4) is 5.75 Å². The Kier molecular flexibility index (Phi) is 6.62. The molecule has 0 saturated carbocycles. The van der Waals surface area contributed by atoms with Crippen LogP contribution in [0.1, 0.15) is 11.3 Å². The highest BCUT2D eigenvalue weighted by atomic mass is 16.5. The fraction of sp³-hybridized carbons (Fsp3) is 0.412. The van der Waals surface area contributed by atoms with Gasteiger partial charge < -0.3 is 20.1 Å². The van der Waals surface area contributed by atoms with Gasteiger partial charge in [0.05, 0.1) is 13.7 Å². The van der Waals surface area contributed by atoms with E-state index in [1.54, 1.807) is 14.2 Å². The Bertz CT molecular complexity index is 619. The Hall–Kier alpha value is -2.34. The normalized spacial score (nSPS) is 10.4. The minimum Gasteiger partial charge on any atom is -0.496 e. The standard InChI is InChI=1S/C17H24N4O2/c1-13-12-16(21-17(20-13)19-10-11-22-2)18-9-8-14-6-4-5-7-15(14)23-3/h4-7,12H,8-11H2,1-3H3,(H2,18,19,20,21). The van der Waals surface area contributed by atoms with Gasteiger partial charge in [-0.05, 0) is 25.0 Å². The summed E-state index contributed by atoms with van der Waals surface area (Å²) in [6.07, 6.45) is 0.861. The molecule has 6 heteroatoms. The lowest BCUT2D eigenvalue weighted by Gasteiger charge is -2.11. The van der Waals surface area contributed by atoms with Crippen LogP contribution in [0.25, 0.3) is 0 Å². The topological polar surface area (TPSA) is 68.3 Å². The zero-order valence-corrected chi connectivity index (χ0v) is 13.9. The number of aromatic nitrogens is 2. The van der Waals surface area contributed by atoms with Crippen LogP contribution in [0, 0.1) is 6.92 Å². The Labute approximate surface area is 137 Å². The van der Waals surface area contributed by atoms with Gasteiger partial charge in [-0.15, -0.1) is 0 Å². The molecule has 1 aromatic heterocycles. The SMILES string of the molecule is COCCNc1nc(C)cc(NCCc2ccccc2OC)n1. The summed E-state index contributed by atoms with van der Waals surface area (Å²) in [5.74, 6) is 2.34. The smallest absolute Gasteiger partial charge is 0.224 e. The molecule has 2 rings (SSSR count). The molecule has 0 bridgehead atoms. The third-order valence-corrected chi connectivity index (χ3v) is 3.34. The van der Waals surface area contributed by atoms with Gasteiger partial charge in [-0.3, -0.25) is 0 Å². The molecule has 0 unspecified atom stereocenters. The summed E-state index contributed by atoms with van der Waals surface area (Å²) in [4.78, 5) is 8.82. The van der Waals surface area contributed by atoms with Crippen molar-refractivity contribution < 1.29 is 9.47 Å². The van der Waals surface area contributed by atoms with E-state index in [1.165, 1.54) is 5.56 Å². The van der Waals surface area contributed by atoms with Crippen molar-refractivity contribution in [2.75, 3.05) is 44.5 Å². The van der Waals surface area contributed by atoms with Crippen LogP contribution in [0.15, 0.2) is 30.3 Å². The monoisotopic (exact) mass is 316 g/mol. The number of nitrogens with zero attached hydrogens (tertiary/aromatic N) is 2. The van der Waals surface area contributed by atoms with Gasteiger partial charge in [0.15, 0.2) is 0 Å². The number of hydrogen-bond acceptors (Lipinski definition) is 6. The molecule has 0 radical (unpaired) electrons. The first-order valence-corrected chi connectivity index (χ1v) is 7.67. The molecule has 0 aliphatic rings. The molecule has 0 atom stereocenters. The molecule has 1 heterocycles. The van der Waals surface area contributed by atoms with Crippen LogP contribution < -0.4 is 15.4 Å². The summed E-state index contributed by atoms with van der Waals surface area (Å²) >= 11 is 0. The number of benzene rings is 1. The van der Waals surface area contributed by atoms with E-state index in [4.69, 9.17) is 9.47 Å². The predicted octanol–water partition coefficient (Wildman–Crippen LogP) is 2.51. The molecule has 0 saturated heterocycles. The van der Waals surface area contributed by atoms with Crippen LogP contribution in [0.5, 0.6) is 5.75 Å². The first-order chi connectivity index (χ1) is 11.2. The number of ether oxygens (including phenoxy) is 2. The van der Waals surface area contributed by atoms with Gasteiger partial charge in [-0.25, -0.2) is 4.98 Å². The zero-order chi connectivity index (χ0) is 16.5. The molecule has 6 nitrogen and oxygen atoms in total. The summed E-state index contributed by atoms with van der Waals surface area (Å²) in [6, 6.07) is 9.97. The lowest BCUT2D eigenvalue weighted by atomic mass is 10.1. The number of aryl methyl sites for hydroxylation is 1. The van der Waals surface area contributed by atoms with Gasteiger partial charge in [0.2, 0.25) is 5.95 Å². The highest BCUT2D eigenvalue weighted by Crippen LogP contribution is 2.18. The number of nitrogens with one attached hydrogen (secondary N) is 2. The predicted molar refractivity (Wildman–Crippen MR) is 92.3 cm³/mol. The Morgan fingerprint density at radius 1 is 1.04 bits per heavy atom. The quantitative estimate of drug-likeness (QED) is 0.693. The van der Waals surface area contributed by atoms with Crippen molar-refractivity contribution >= 4 is 11.8 Å². The molecule has 0 aliphatic carbocycles. The fourth-order valence-electron chi connectivity index (χ4n) is 2.24. The van der Waals surface area contributed by atoms with Crippen molar-refractivity contribution in [2.45, 2.75) is 13.3 Å². The van der Waals surface area contributed by atoms with Gasteiger partial charge in [0, 0.05) is 32.0 Å². The van der Waals surface area contributed by atoms with E-state index in [0.29, 0.717) is 19.1 Å². The second-order valence-electron chi connectivity index (χ2n) is 5.13. The summed E-state index contributed by atoms with van der Waals surface area (Å²) < 4.78 is 10.4. The summed E-state index contributed by atoms with van der Waals surface area (Å²) in [6.45, 7) is 4.03. The molecule has 0 aliphatic heterocycles. The summed E-state index contributed by atoms with van der Waals surface area (Å²) in [5.41, 5.74) is 2.09. The van der Waals surface area contributed by atoms with Gasteiger partial charge in [0.1, 0.15) is 11.6 Å². The lowest BCUT2D eigenvalue weighted by Crippen LogP contribution is -2.13. The van der Waals surface area contributed by atoms with E-state index < -0.39 is 0 Å². The average molecular weight is 316 g/mol. The van der Waals surface area contributed by atoms with Crippen LogP contribution in [0.4, 0.5) is 11.8 Å². The highest BCUT2D eigenvalue weighted by molar-refractivity contribution is 5.42. The van der Waals surface area contributed by atoms with Crippen molar-refractivity contribution in [2.24, 2.45) is 0 Å². The summed E-state index contributed by atoms with van der Waals surface area (Å²) in [5, 5.41) is 6.48. The largest absolute Gasteiger partial charge is 0.496 e. The number of methoxy groups -OCH3 is 2. The molecule has 124 valence electrons. The Morgan fingerprint density at radius 2 is 1.87 bits per heavy atom. The molecular formula is C17H24N4O2. The van der Waals surface area contributed by atoms with Gasteiger partial charge in [0.25, 0.3) is 0 Å².